The Morgan fingerprint density at radius 1 is 1.27 bits per heavy atom. The van der Waals surface area contributed by atoms with Crippen molar-refractivity contribution in [2.24, 2.45) is 0 Å². The topological polar surface area (TPSA) is 42.4 Å². The van der Waals surface area contributed by atoms with Gasteiger partial charge in [-0.15, -0.1) is 22.7 Å². The summed E-state index contributed by atoms with van der Waals surface area (Å²) in [6.45, 7) is 2.12. The molecule has 0 N–H and O–H groups in total. The van der Waals surface area contributed by atoms with Gasteiger partial charge in [0.05, 0.1) is 24.8 Å². The first kappa shape index (κ1) is 17.9. The maximum Gasteiger partial charge on any atom is 0.229 e. The number of hydrogen-bond donors (Lipinski definition) is 0. The molecule has 4 heterocycles. The van der Waals surface area contributed by atoms with E-state index < -0.39 is 0 Å². The zero-order valence-corrected chi connectivity index (χ0v) is 16.7. The van der Waals surface area contributed by atoms with E-state index in [0.717, 1.165) is 35.7 Å². The lowest BCUT2D eigenvalue weighted by molar-refractivity contribution is -0.132. The van der Waals surface area contributed by atoms with E-state index in [1.165, 1.54) is 4.88 Å². The molecule has 3 aromatic rings. The predicted octanol–water partition coefficient (Wildman–Crippen LogP) is 4.68. The van der Waals surface area contributed by atoms with Crippen LogP contribution in [0.5, 0.6) is 0 Å². The summed E-state index contributed by atoms with van der Waals surface area (Å²) in [4.78, 5) is 20.8. The average molecular weight is 405 g/mol. The molecule has 1 unspecified atom stereocenters. The molecule has 1 aliphatic rings. The van der Waals surface area contributed by atoms with Gasteiger partial charge in [-0.2, -0.15) is 11.3 Å². The second kappa shape index (κ2) is 8.43. The van der Waals surface area contributed by atoms with Crippen LogP contribution in [0.15, 0.2) is 39.7 Å². The Bertz CT molecular complexity index is 821. The van der Waals surface area contributed by atoms with Gasteiger partial charge in [0.2, 0.25) is 5.91 Å². The lowest BCUT2D eigenvalue weighted by Gasteiger charge is -2.25. The molecule has 1 aliphatic heterocycles. The van der Waals surface area contributed by atoms with Crippen LogP contribution in [0.4, 0.5) is 0 Å². The van der Waals surface area contributed by atoms with Crippen molar-refractivity contribution in [1.29, 1.82) is 0 Å². The van der Waals surface area contributed by atoms with Gasteiger partial charge in [0, 0.05) is 34.4 Å². The summed E-state index contributed by atoms with van der Waals surface area (Å²) in [6, 6.07) is 6.18. The highest BCUT2D eigenvalue weighted by molar-refractivity contribution is 7.14. The Balaban J connectivity index is 1.44. The third-order valence-corrected chi connectivity index (χ3v) is 6.86. The molecule has 1 atom stereocenters. The molecule has 1 saturated heterocycles. The summed E-state index contributed by atoms with van der Waals surface area (Å²) in [7, 11) is 0. The molecule has 1 amide bonds. The van der Waals surface area contributed by atoms with E-state index in [-0.39, 0.29) is 12.0 Å². The first-order chi connectivity index (χ1) is 12.8. The second-order valence-corrected chi connectivity index (χ2v) is 8.99. The van der Waals surface area contributed by atoms with Gasteiger partial charge in [-0.3, -0.25) is 4.79 Å². The Hall–Kier alpha value is -1.54. The van der Waals surface area contributed by atoms with Gasteiger partial charge in [-0.05, 0) is 35.7 Å². The normalized spacial score (nSPS) is 16.8. The molecule has 0 radical (unpaired) electrons. The van der Waals surface area contributed by atoms with Crippen molar-refractivity contribution in [1.82, 2.24) is 9.88 Å². The minimum absolute atomic E-state index is 0.121. The van der Waals surface area contributed by atoms with E-state index in [0.29, 0.717) is 19.5 Å². The van der Waals surface area contributed by atoms with Crippen LogP contribution in [0, 0.1) is 0 Å². The average Bonchev–Trinajstić information content (AvgIpc) is 3.41. The van der Waals surface area contributed by atoms with Crippen LogP contribution in [-0.4, -0.2) is 35.0 Å². The molecular formula is C19H20N2O2S3. The third kappa shape index (κ3) is 4.40. The van der Waals surface area contributed by atoms with Crippen molar-refractivity contribution in [2.45, 2.75) is 31.9 Å². The molecule has 0 aliphatic carbocycles. The molecule has 3 aromatic heterocycles. The summed E-state index contributed by atoms with van der Waals surface area (Å²) in [6.07, 6.45) is 2.63. The maximum absolute atomic E-state index is 13.0. The van der Waals surface area contributed by atoms with Crippen molar-refractivity contribution in [3.63, 3.8) is 0 Å². The molecular weight excluding hydrogens is 384 g/mol. The van der Waals surface area contributed by atoms with Crippen LogP contribution < -0.4 is 0 Å². The SMILES string of the molecule is O=C(Cc1csc(-c2ccsc2)n1)N(Cc1cccs1)CC1CCCO1. The van der Waals surface area contributed by atoms with E-state index in [4.69, 9.17) is 4.74 Å². The van der Waals surface area contributed by atoms with Crippen molar-refractivity contribution < 1.29 is 9.53 Å². The Morgan fingerprint density at radius 3 is 2.96 bits per heavy atom. The van der Waals surface area contributed by atoms with E-state index in [1.807, 2.05) is 21.7 Å². The number of rotatable bonds is 7. The molecule has 0 saturated carbocycles. The van der Waals surface area contributed by atoms with Crippen LogP contribution in [0.25, 0.3) is 10.6 Å². The number of ether oxygens (including phenoxy) is 1. The molecule has 136 valence electrons. The van der Waals surface area contributed by atoms with Crippen LogP contribution in [0.3, 0.4) is 0 Å². The Kier molecular flexibility index (Phi) is 5.79. The Morgan fingerprint density at radius 2 is 2.23 bits per heavy atom. The van der Waals surface area contributed by atoms with Gasteiger partial charge in [0.15, 0.2) is 0 Å². The van der Waals surface area contributed by atoms with Gasteiger partial charge in [-0.1, -0.05) is 6.07 Å². The number of thiophene rings is 2. The number of carbonyl (C=O) groups excluding carboxylic acids is 1. The molecule has 4 rings (SSSR count). The predicted molar refractivity (Wildman–Crippen MR) is 108 cm³/mol. The van der Waals surface area contributed by atoms with Crippen LogP contribution in [0.2, 0.25) is 0 Å². The monoisotopic (exact) mass is 404 g/mol. The van der Waals surface area contributed by atoms with Gasteiger partial charge in [-0.25, -0.2) is 4.98 Å². The van der Waals surface area contributed by atoms with Crippen molar-refractivity contribution in [2.75, 3.05) is 13.2 Å². The van der Waals surface area contributed by atoms with Crippen molar-refractivity contribution in [3.8, 4) is 10.6 Å². The fourth-order valence-electron chi connectivity index (χ4n) is 3.05. The zero-order valence-electron chi connectivity index (χ0n) is 14.3. The van der Waals surface area contributed by atoms with E-state index in [2.05, 4.69) is 27.9 Å². The minimum Gasteiger partial charge on any atom is -0.376 e. The first-order valence-corrected chi connectivity index (χ1v) is 11.4. The molecule has 26 heavy (non-hydrogen) atoms. The Labute approximate surface area is 165 Å². The summed E-state index contributed by atoms with van der Waals surface area (Å²) in [5, 5.41) is 9.17. The van der Waals surface area contributed by atoms with E-state index >= 15 is 0 Å². The number of aromatic nitrogens is 1. The number of hydrogen-bond acceptors (Lipinski definition) is 6. The summed E-state index contributed by atoms with van der Waals surface area (Å²) in [5.74, 6) is 0.121. The number of carbonyl (C=O) groups is 1. The molecule has 0 bridgehead atoms. The number of thiazole rings is 1. The smallest absolute Gasteiger partial charge is 0.229 e. The second-order valence-electron chi connectivity index (χ2n) is 6.32. The minimum atomic E-state index is 0.121. The van der Waals surface area contributed by atoms with Crippen LogP contribution >= 0.6 is 34.0 Å². The zero-order chi connectivity index (χ0) is 17.8. The molecule has 7 heteroatoms. The quantitative estimate of drug-likeness (QED) is 0.574. The highest BCUT2D eigenvalue weighted by Crippen LogP contribution is 2.26. The largest absolute Gasteiger partial charge is 0.376 e. The summed E-state index contributed by atoms with van der Waals surface area (Å²) in [5.41, 5.74) is 1.98. The van der Waals surface area contributed by atoms with Crippen LogP contribution in [-0.2, 0) is 22.5 Å². The van der Waals surface area contributed by atoms with E-state index in [9.17, 15) is 4.79 Å². The standard InChI is InChI=1S/C19H20N2O2S3/c22-18(9-15-13-26-19(20-15)14-5-8-24-12-14)21(10-16-3-1-6-23-16)11-17-4-2-7-25-17/h2,4-5,7-8,12-13,16H,1,3,6,9-11H2. The van der Waals surface area contributed by atoms with Crippen LogP contribution in [0.1, 0.15) is 23.4 Å². The fraction of sp³-hybridized carbons (Fsp3) is 0.368. The highest BCUT2D eigenvalue weighted by Gasteiger charge is 2.23. The van der Waals surface area contributed by atoms with Crippen molar-refractivity contribution in [3.05, 3.63) is 50.3 Å². The van der Waals surface area contributed by atoms with Crippen molar-refractivity contribution >= 4 is 39.9 Å². The van der Waals surface area contributed by atoms with Gasteiger partial charge in [0.25, 0.3) is 0 Å². The molecule has 0 aromatic carbocycles. The fourth-order valence-corrected chi connectivity index (χ4v) is 5.30. The summed E-state index contributed by atoms with van der Waals surface area (Å²) >= 11 is 4.95. The number of amides is 1. The molecule has 4 nitrogen and oxygen atoms in total. The maximum atomic E-state index is 13.0. The van der Waals surface area contributed by atoms with Gasteiger partial charge >= 0.3 is 0 Å². The molecule has 0 spiro atoms. The lowest BCUT2D eigenvalue weighted by Crippen LogP contribution is -2.37. The lowest BCUT2D eigenvalue weighted by atomic mass is 10.2. The number of nitrogens with zero attached hydrogens (tertiary/aromatic N) is 2. The van der Waals surface area contributed by atoms with Gasteiger partial charge < -0.3 is 9.64 Å². The first-order valence-electron chi connectivity index (χ1n) is 8.66. The van der Waals surface area contributed by atoms with E-state index in [1.54, 1.807) is 34.0 Å². The summed E-state index contributed by atoms with van der Waals surface area (Å²) < 4.78 is 5.75. The highest BCUT2D eigenvalue weighted by atomic mass is 32.1. The molecule has 1 fully saturated rings. The third-order valence-electron chi connectivity index (χ3n) is 4.38. The van der Waals surface area contributed by atoms with Gasteiger partial charge in [0.1, 0.15) is 5.01 Å².